The molecule has 1 amide bonds. The topological polar surface area (TPSA) is 108 Å². The number of Topliss-reactive ketones (excluding diaryl/α,β-unsaturated/α-hetero) is 1. The van der Waals surface area contributed by atoms with Crippen LogP contribution in [0.1, 0.15) is 29.7 Å². The number of ketones is 1. The molecule has 32 heavy (non-hydrogen) atoms. The molecule has 4 rings (SSSR count). The second-order valence-corrected chi connectivity index (χ2v) is 7.84. The predicted octanol–water partition coefficient (Wildman–Crippen LogP) is 4.07. The molecule has 1 atom stereocenters. The van der Waals surface area contributed by atoms with Crippen molar-refractivity contribution in [2.45, 2.75) is 26.3 Å². The monoisotopic (exact) mass is 452 g/mol. The Bertz CT molecular complexity index is 1250. The minimum absolute atomic E-state index is 0.0969. The number of hydrogen-bond acceptors (Lipinski definition) is 5. The van der Waals surface area contributed by atoms with E-state index in [0.29, 0.717) is 23.6 Å². The Labute approximate surface area is 189 Å². The number of hydrogen-bond donors (Lipinski definition) is 2. The van der Waals surface area contributed by atoms with E-state index >= 15 is 0 Å². The number of halogens is 1. The zero-order valence-corrected chi connectivity index (χ0v) is 18.3. The van der Waals surface area contributed by atoms with Crippen molar-refractivity contribution in [3.05, 3.63) is 81.7 Å². The van der Waals surface area contributed by atoms with Crippen molar-refractivity contribution in [1.29, 1.82) is 0 Å². The van der Waals surface area contributed by atoms with E-state index in [1.165, 1.54) is 11.8 Å². The fraction of sp³-hybridized carbons (Fsp3) is 0.208. The van der Waals surface area contributed by atoms with Gasteiger partial charge >= 0.3 is 6.15 Å². The lowest BCUT2D eigenvalue weighted by molar-refractivity contribution is -0.191. The van der Waals surface area contributed by atoms with Crippen molar-refractivity contribution < 1.29 is 24.3 Å². The summed E-state index contributed by atoms with van der Waals surface area (Å²) in [6.07, 6.45) is 2.76. The number of nitrogens with one attached hydrogen (secondary N) is 1. The van der Waals surface area contributed by atoms with E-state index in [4.69, 9.17) is 21.2 Å². The standard InChI is InChI=1S/C23H21ClN2O3.CO2/c1-13-7-8-17(18(24)11-13)21-20(14(2)27)22(28)23(29)26(21)10-9-15-12-25-19-6-4-3-5-16(15)19;2-1-3/h3-8,11-12,21,25,28H,9-10H2,1-2H3;. The number of aromatic amines is 1. The van der Waals surface area contributed by atoms with Crippen molar-refractivity contribution in [3.8, 4) is 0 Å². The Morgan fingerprint density at radius 3 is 2.56 bits per heavy atom. The minimum Gasteiger partial charge on any atom is -0.503 e. The van der Waals surface area contributed by atoms with Gasteiger partial charge in [0, 0.05) is 28.7 Å². The first-order valence-corrected chi connectivity index (χ1v) is 10.2. The molecule has 1 aromatic heterocycles. The molecule has 0 spiro atoms. The summed E-state index contributed by atoms with van der Waals surface area (Å²) in [6.45, 7) is 3.62. The number of rotatable bonds is 5. The average molecular weight is 453 g/mol. The molecule has 1 aliphatic rings. The fourth-order valence-corrected chi connectivity index (χ4v) is 4.34. The molecule has 0 bridgehead atoms. The van der Waals surface area contributed by atoms with Crippen LogP contribution in [0.3, 0.4) is 0 Å². The Morgan fingerprint density at radius 1 is 1.22 bits per heavy atom. The average Bonchev–Trinajstić information content (AvgIpc) is 3.26. The summed E-state index contributed by atoms with van der Waals surface area (Å²) < 4.78 is 0. The third kappa shape index (κ3) is 4.35. The molecular formula is C24H21ClN2O5. The third-order valence-electron chi connectivity index (χ3n) is 5.43. The number of aliphatic hydroxyl groups excluding tert-OH is 1. The molecule has 0 saturated carbocycles. The number of nitrogens with zero attached hydrogens (tertiary/aromatic N) is 1. The zero-order chi connectivity index (χ0) is 23.4. The molecular weight excluding hydrogens is 432 g/mol. The largest absolute Gasteiger partial charge is 0.503 e. The van der Waals surface area contributed by atoms with E-state index in [1.54, 1.807) is 6.07 Å². The van der Waals surface area contributed by atoms with E-state index in [1.807, 2.05) is 49.5 Å². The Morgan fingerprint density at radius 2 is 1.91 bits per heavy atom. The Balaban J connectivity index is 0.000000913. The highest BCUT2D eigenvalue weighted by atomic mass is 35.5. The maximum atomic E-state index is 12.8. The number of H-pyrrole nitrogens is 1. The van der Waals surface area contributed by atoms with Gasteiger partial charge in [0.05, 0.1) is 11.6 Å². The summed E-state index contributed by atoms with van der Waals surface area (Å²) in [6, 6.07) is 12.8. The molecule has 0 saturated heterocycles. The SMILES string of the molecule is CC(=O)C1=C(O)C(=O)N(CCc2c[nH]c3ccccc23)C1c1ccc(C)cc1Cl.O=C=O. The van der Waals surface area contributed by atoms with Crippen molar-refractivity contribution in [3.63, 3.8) is 0 Å². The van der Waals surface area contributed by atoms with E-state index in [2.05, 4.69) is 4.98 Å². The van der Waals surface area contributed by atoms with Crippen LogP contribution >= 0.6 is 11.6 Å². The molecule has 7 nitrogen and oxygen atoms in total. The number of amides is 1. The maximum absolute atomic E-state index is 12.8. The van der Waals surface area contributed by atoms with Gasteiger partial charge in [-0.15, -0.1) is 0 Å². The van der Waals surface area contributed by atoms with E-state index in [9.17, 15) is 14.7 Å². The van der Waals surface area contributed by atoms with Crippen LogP contribution in [0, 0.1) is 6.92 Å². The van der Waals surface area contributed by atoms with Gasteiger partial charge in [0.15, 0.2) is 11.5 Å². The Kier molecular flexibility index (Phi) is 6.93. The fourth-order valence-electron chi connectivity index (χ4n) is 4.00. The first-order valence-electron chi connectivity index (χ1n) is 9.85. The van der Waals surface area contributed by atoms with Crippen LogP contribution in [0.25, 0.3) is 10.9 Å². The summed E-state index contributed by atoms with van der Waals surface area (Å²) in [5, 5.41) is 12.0. The number of fused-ring (bicyclic) bond motifs is 1. The molecule has 2 heterocycles. The van der Waals surface area contributed by atoms with Gasteiger partial charge in [0.1, 0.15) is 0 Å². The molecule has 0 fully saturated rings. The maximum Gasteiger partial charge on any atom is 0.373 e. The molecule has 1 unspecified atom stereocenters. The third-order valence-corrected chi connectivity index (χ3v) is 5.76. The summed E-state index contributed by atoms with van der Waals surface area (Å²) in [4.78, 5) is 46.1. The van der Waals surface area contributed by atoms with Gasteiger partial charge in [0.25, 0.3) is 5.91 Å². The lowest BCUT2D eigenvalue weighted by Gasteiger charge is -2.27. The number of para-hydroxylation sites is 1. The summed E-state index contributed by atoms with van der Waals surface area (Å²) in [5.74, 6) is -1.37. The van der Waals surface area contributed by atoms with Crippen LogP contribution in [0.2, 0.25) is 5.02 Å². The highest BCUT2D eigenvalue weighted by Crippen LogP contribution is 2.40. The second kappa shape index (κ2) is 9.64. The number of benzene rings is 2. The van der Waals surface area contributed by atoms with E-state index in [-0.39, 0.29) is 17.5 Å². The predicted molar refractivity (Wildman–Crippen MR) is 118 cm³/mol. The van der Waals surface area contributed by atoms with Crippen LogP contribution in [-0.4, -0.2) is 39.4 Å². The van der Waals surface area contributed by atoms with Gasteiger partial charge in [0.2, 0.25) is 0 Å². The van der Waals surface area contributed by atoms with Crippen molar-refractivity contribution in [1.82, 2.24) is 9.88 Å². The van der Waals surface area contributed by atoms with Crippen LogP contribution in [0.4, 0.5) is 0 Å². The van der Waals surface area contributed by atoms with Crippen LogP contribution in [-0.2, 0) is 25.6 Å². The number of carbonyl (C=O) groups excluding carboxylic acids is 4. The first-order chi connectivity index (χ1) is 15.3. The van der Waals surface area contributed by atoms with Crippen LogP contribution < -0.4 is 0 Å². The summed E-state index contributed by atoms with van der Waals surface area (Å²) in [5.41, 5.74) is 3.81. The van der Waals surface area contributed by atoms with Crippen molar-refractivity contribution in [2.75, 3.05) is 6.54 Å². The van der Waals surface area contributed by atoms with Crippen LogP contribution in [0.5, 0.6) is 0 Å². The van der Waals surface area contributed by atoms with E-state index < -0.39 is 17.7 Å². The molecule has 0 radical (unpaired) electrons. The lowest BCUT2D eigenvalue weighted by Crippen LogP contribution is -2.33. The molecule has 0 aliphatic carbocycles. The molecule has 164 valence electrons. The highest BCUT2D eigenvalue weighted by molar-refractivity contribution is 6.31. The number of aromatic nitrogens is 1. The highest BCUT2D eigenvalue weighted by Gasteiger charge is 2.42. The van der Waals surface area contributed by atoms with Crippen molar-refractivity contribution >= 4 is 40.3 Å². The van der Waals surface area contributed by atoms with E-state index in [0.717, 1.165) is 22.0 Å². The first kappa shape index (κ1) is 23.0. The molecule has 8 heteroatoms. The van der Waals surface area contributed by atoms with Crippen LogP contribution in [0.15, 0.2) is 60.0 Å². The number of aryl methyl sites for hydroxylation is 1. The lowest BCUT2D eigenvalue weighted by atomic mass is 9.95. The van der Waals surface area contributed by atoms with Gasteiger partial charge in [-0.3, -0.25) is 9.59 Å². The smallest absolute Gasteiger partial charge is 0.373 e. The molecule has 1 aliphatic heterocycles. The number of carbonyl (C=O) groups is 2. The molecule has 2 N–H and O–H groups in total. The summed E-state index contributed by atoms with van der Waals surface area (Å²) >= 11 is 6.46. The quantitative estimate of drug-likeness (QED) is 0.606. The van der Waals surface area contributed by atoms with Gasteiger partial charge in [-0.25, -0.2) is 0 Å². The molecule has 2 aromatic carbocycles. The molecule has 3 aromatic rings. The normalized spacial score (nSPS) is 15.5. The van der Waals surface area contributed by atoms with Gasteiger partial charge in [-0.2, -0.15) is 9.59 Å². The van der Waals surface area contributed by atoms with Gasteiger partial charge in [-0.05, 0) is 49.1 Å². The summed E-state index contributed by atoms with van der Waals surface area (Å²) in [7, 11) is 0. The second-order valence-electron chi connectivity index (χ2n) is 7.44. The minimum atomic E-state index is -0.696. The van der Waals surface area contributed by atoms with Gasteiger partial charge in [-0.1, -0.05) is 41.9 Å². The van der Waals surface area contributed by atoms with Gasteiger partial charge < -0.3 is 15.0 Å². The number of aliphatic hydroxyl groups is 1. The van der Waals surface area contributed by atoms with Crippen molar-refractivity contribution in [2.24, 2.45) is 0 Å². The Hall–Kier alpha value is -3.67. The zero-order valence-electron chi connectivity index (χ0n) is 17.5.